The van der Waals surface area contributed by atoms with E-state index in [1.54, 1.807) is 0 Å². The van der Waals surface area contributed by atoms with Crippen LogP contribution in [0.5, 0.6) is 0 Å². The first-order valence-electron chi connectivity index (χ1n) is 6.64. The fourth-order valence-electron chi connectivity index (χ4n) is 2.38. The number of thioether (sulfide) groups is 1. The van der Waals surface area contributed by atoms with E-state index in [0.717, 1.165) is 6.42 Å². The van der Waals surface area contributed by atoms with E-state index in [2.05, 4.69) is 4.99 Å². The molecule has 0 unspecified atom stereocenters. The molecule has 0 aromatic rings. The highest BCUT2D eigenvalue weighted by Gasteiger charge is 2.48. The molecular formula is C12H20N2O3S2. The molecule has 2 fully saturated rings. The van der Waals surface area contributed by atoms with Crippen LogP contribution in [0.25, 0.3) is 0 Å². The quantitative estimate of drug-likeness (QED) is 0.782. The van der Waals surface area contributed by atoms with Gasteiger partial charge in [-0.2, -0.15) is 4.99 Å². The Morgan fingerprint density at radius 3 is 2.74 bits per heavy atom. The molecule has 0 N–H and O–H groups in total. The Morgan fingerprint density at radius 1 is 1.47 bits per heavy atom. The number of amidine groups is 1. The van der Waals surface area contributed by atoms with Crippen molar-refractivity contribution < 1.29 is 13.2 Å². The fraction of sp³-hybridized carbons (Fsp3) is 0.833. The Labute approximate surface area is 118 Å². The third kappa shape index (κ3) is 2.97. The Hall–Kier alpha value is -0.560. The smallest absolute Gasteiger partial charge is 0.250 e. The van der Waals surface area contributed by atoms with Crippen LogP contribution in [0.4, 0.5) is 0 Å². The minimum Gasteiger partial charge on any atom is -0.346 e. The summed E-state index contributed by atoms with van der Waals surface area (Å²) in [5.74, 6) is 0.215. The summed E-state index contributed by atoms with van der Waals surface area (Å²) in [6, 6.07) is -0.0107. The van der Waals surface area contributed by atoms with Crippen LogP contribution in [0.1, 0.15) is 27.2 Å². The summed E-state index contributed by atoms with van der Waals surface area (Å²) in [4.78, 5) is 18.1. The van der Waals surface area contributed by atoms with E-state index in [-0.39, 0.29) is 34.6 Å². The van der Waals surface area contributed by atoms with E-state index in [0.29, 0.717) is 11.7 Å². The molecule has 7 heteroatoms. The number of carbonyl (C=O) groups is 1. The molecule has 2 aliphatic heterocycles. The van der Waals surface area contributed by atoms with Gasteiger partial charge in [0.15, 0.2) is 15.0 Å². The Balaban J connectivity index is 2.18. The molecule has 0 bridgehead atoms. The van der Waals surface area contributed by atoms with Gasteiger partial charge >= 0.3 is 0 Å². The molecule has 2 heterocycles. The molecule has 2 saturated heterocycles. The summed E-state index contributed by atoms with van der Waals surface area (Å²) in [5, 5.41) is 0.742. The van der Waals surface area contributed by atoms with Gasteiger partial charge in [0.2, 0.25) is 0 Å². The number of hydrogen-bond donors (Lipinski definition) is 0. The van der Waals surface area contributed by atoms with Gasteiger partial charge in [-0.1, -0.05) is 25.6 Å². The molecule has 1 amide bonds. The largest absolute Gasteiger partial charge is 0.346 e. The third-order valence-electron chi connectivity index (χ3n) is 3.76. The number of carbonyl (C=O) groups excluding carboxylic acids is 1. The lowest BCUT2D eigenvalue weighted by molar-refractivity contribution is -0.121. The number of fused-ring (bicyclic) bond motifs is 1. The van der Waals surface area contributed by atoms with Crippen LogP contribution >= 0.6 is 11.8 Å². The van der Waals surface area contributed by atoms with Gasteiger partial charge in [-0.05, 0) is 13.3 Å². The zero-order valence-corrected chi connectivity index (χ0v) is 13.1. The molecule has 0 saturated carbocycles. The zero-order valence-electron chi connectivity index (χ0n) is 11.5. The molecular weight excluding hydrogens is 284 g/mol. The predicted octanol–water partition coefficient (Wildman–Crippen LogP) is 1.15. The molecule has 0 aromatic carbocycles. The lowest BCUT2D eigenvalue weighted by atomic mass is 10.1. The van der Waals surface area contributed by atoms with Crippen molar-refractivity contribution in [1.82, 2.24) is 4.90 Å². The fourth-order valence-corrected chi connectivity index (χ4v) is 6.41. The topological polar surface area (TPSA) is 66.8 Å². The van der Waals surface area contributed by atoms with Crippen LogP contribution in [0.15, 0.2) is 4.99 Å². The summed E-state index contributed by atoms with van der Waals surface area (Å²) in [6.45, 7) is 6.49. The van der Waals surface area contributed by atoms with Gasteiger partial charge in [-0.3, -0.25) is 4.79 Å². The minimum absolute atomic E-state index is 0.0107. The number of sulfone groups is 1. The zero-order chi connectivity index (χ0) is 14.2. The Bertz CT molecular complexity index is 501. The second-order valence-corrected chi connectivity index (χ2v) is 8.49. The second-order valence-electron chi connectivity index (χ2n) is 5.13. The van der Waals surface area contributed by atoms with Crippen molar-refractivity contribution in [1.29, 1.82) is 0 Å². The average molecular weight is 304 g/mol. The first-order chi connectivity index (χ1) is 8.88. The first-order valence-corrected chi connectivity index (χ1v) is 9.34. The number of amides is 1. The van der Waals surface area contributed by atoms with E-state index < -0.39 is 9.84 Å². The maximum Gasteiger partial charge on any atom is 0.250 e. The van der Waals surface area contributed by atoms with Crippen LogP contribution in [-0.2, 0) is 14.6 Å². The van der Waals surface area contributed by atoms with Gasteiger partial charge in [-0.25, -0.2) is 8.42 Å². The summed E-state index contributed by atoms with van der Waals surface area (Å²) in [5.41, 5.74) is 0. The normalized spacial score (nSPS) is 32.6. The van der Waals surface area contributed by atoms with Crippen LogP contribution in [-0.4, -0.2) is 53.7 Å². The van der Waals surface area contributed by atoms with Crippen molar-refractivity contribution in [3.63, 3.8) is 0 Å². The highest BCUT2D eigenvalue weighted by molar-refractivity contribution is 8.15. The van der Waals surface area contributed by atoms with E-state index in [9.17, 15) is 13.2 Å². The Kier molecular flexibility index (Phi) is 4.25. The number of aliphatic imine (C=N–C) groups is 1. The molecule has 0 spiro atoms. The molecule has 5 nitrogen and oxygen atoms in total. The molecule has 108 valence electrons. The number of hydrogen-bond acceptors (Lipinski definition) is 4. The number of rotatable bonds is 3. The van der Waals surface area contributed by atoms with Crippen molar-refractivity contribution in [2.24, 2.45) is 10.9 Å². The third-order valence-corrected chi connectivity index (χ3v) is 7.00. The minimum atomic E-state index is -2.92. The highest BCUT2D eigenvalue weighted by atomic mass is 32.2. The molecule has 0 radical (unpaired) electrons. The monoisotopic (exact) mass is 304 g/mol. The van der Waals surface area contributed by atoms with E-state index in [1.165, 1.54) is 11.8 Å². The van der Waals surface area contributed by atoms with E-state index >= 15 is 0 Å². The van der Waals surface area contributed by atoms with Crippen molar-refractivity contribution >= 4 is 32.7 Å². The van der Waals surface area contributed by atoms with Crippen LogP contribution < -0.4 is 0 Å². The molecule has 3 atom stereocenters. The summed E-state index contributed by atoms with van der Waals surface area (Å²) < 4.78 is 23.3. The van der Waals surface area contributed by atoms with Crippen LogP contribution in [0.3, 0.4) is 0 Å². The van der Waals surface area contributed by atoms with Crippen molar-refractivity contribution in [2.75, 3.05) is 18.1 Å². The van der Waals surface area contributed by atoms with Gasteiger partial charge in [0.05, 0.1) is 17.5 Å². The van der Waals surface area contributed by atoms with Crippen LogP contribution in [0, 0.1) is 5.92 Å². The van der Waals surface area contributed by atoms with Gasteiger partial charge in [0.25, 0.3) is 5.91 Å². The highest BCUT2D eigenvalue weighted by Crippen LogP contribution is 2.37. The number of nitrogens with zero attached hydrogens (tertiary/aromatic N) is 2. The summed E-state index contributed by atoms with van der Waals surface area (Å²) >= 11 is 1.45. The summed E-state index contributed by atoms with van der Waals surface area (Å²) in [7, 11) is -2.92. The molecule has 0 aliphatic carbocycles. The maximum atomic E-state index is 11.9. The molecule has 19 heavy (non-hydrogen) atoms. The van der Waals surface area contributed by atoms with E-state index in [4.69, 9.17) is 0 Å². The molecule has 2 rings (SSSR count). The van der Waals surface area contributed by atoms with Gasteiger partial charge in [-0.15, -0.1) is 0 Å². The predicted molar refractivity (Wildman–Crippen MR) is 78.1 cm³/mol. The van der Waals surface area contributed by atoms with Gasteiger partial charge in [0.1, 0.15) is 0 Å². The van der Waals surface area contributed by atoms with Crippen molar-refractivity contribution in [2.45, 2.75) is 38.5 Å². The average Bonchev–Trinajstić information content (AvgIpc) is 2.78. The lowest BCUT2D eigenvalue weighted by Gasteiger charge is -2.22. The lowest BCUT2D eigenvalue weighted by Crippen LogP contribution is -2.37. The van der Waals surface area contributed by atoms with Gasteiger partial charge < -0.3 is 4.90 Å². The van der Waals surface area contributed by atoms with Crippen molar-refractivity contribution in [3.8, 4) is 0 Å². The first kappa shape index (κ1) is 14.8. The second kappa shape index (κ2) is 5.44. The van der Waals surface area contributed by atoms with Gasteiger partial charge in [0, 0.05) is 17.7 Å². The van der Waals surface area contributed by atoms with Crippen molar-refractivity contribution in [3.05, 3.63) is 0 Å². The molecule has 0 aromatic heterocycles. The van der Waals surface area contributed by atoms with E-state index in [1.807, 2.05) is 25.7 Å². The standard InChI is InChI=1S/C12H20N2O3S2/c1-4-8(3)11(15)13-12-14(5-2)9-6-19(16,17)7-10(9)18-12/h8-10H,4-7H2,1-3H3/t8-,9-,10+/m0/s1. The Morgan fingerprint density at radius 2 is 2.16 bits per heavy atom. The maximum absolute atomic E-state index is 11.9. The summed E-state index contributed by atoms with van der Waals surface area (Å²) in [6.07, 6.45) is 0.771. The van der Waals surface area contributed by atoms with Crippen LogP contribution in [0.2, 0.25) is 0 Å². The SMILES string of the molecule is CC[C@H](C)C(=O)N=C1S[C@@H]2CS(=O)(=O)C[C@@H]2N1CC. The molecule has 2 aliphatic rings.